The molecule has 1 aromatic rings. The zero-order chi connectivity index (χ0) is 17.6. The topological polar surface area (TPSA) is 89.8 Å². The number of ether oxygens (including phenoxy) is 1. The lowest BCUT2D eigenvalue weighted by Gasteiger charge is -2.41. The van der Waals surface area contributed by atoms with Crippen molar-refractivity contribution in [1.82, 2.24) is 4.31 Å². The van der Waals surface area contributed by atoms with Crippen molar-refractivity contribution in [2.24, 2.45) is 0 Å². The van der Waals surface area contributed by atoms with Crippen LogP contribution in [0.2, 0.25) is 0 Å². The molecule has 8 heteroatoms. The van der Waals surface area contributed by atoms with E-state index in [1.807, 2.05) is 20.8 Å². The lowest BCUT2D eigenvalue weighted by Crippen LogP contribution is -2.53. The van der Waals surface area contributed by atoms with Gasteiger partial charge in [0.05, 0.1) is 21.5 Å². The highest BCUT2D eigenvalue weighted by Gasteiger charge is 2.39. The van der Waals surface area contributed by atoms with E-state index in [2.05, 4.69) is 0 Å². The monoisotopic (exact) mass is 342 g/mol. The van der Waals surface area contributed by atoms with E-state index in [0.717, 1.165) is 6.07 Å². The van der Waals surface area contributed by atoms with Crippen molar-refractivity contribution >= 4 is 15.7 Å². The Kier molecular flexibility index (Phi) is 4.53. The number of morpholine rings is 1. The summed E-state index contributed by atoms with van der Waals surface area (Å²) in [5.74, 6) is 0. The maximum atomic E-state index is 13.0. The smallest absolute Gasteiger partial charge is 0.271 e. The average Bonchev–Trinajstić information content (AvgIpc) is 2.38. The van der Waals surface area contributed by atoms with Gasteiger partial charge in [0.2, 0.25) is 10.0 Å². The standard InChI is InChI=1S/C15H22N2O5S/c1-10-6-13(17(18)19)7-14(12(10)3)23(20,21)16-8-11(2)22-15(4,5)9-16/h6-7,11H,8-9H2,1-5H3. The number of non-ortho nitro benzene ring substituents is 1. The van der Waals surface area contributed by atoms with Gasteiger partial charge >= 0.3 is 0 Å². The van der Waals surface area contributed by atoms with Gasteiger partial charge in [-0.05, 0) is 45.7 Å². The minimum Gasteiger partial charge on any atom is -0.370 e. The number of rotatable bonds is 3. The van der Waals surface area contributed by atoms with Gasteiger partial charge in [-0.15, -0.1) is 0 Å². The summed E-state index contributed by atoms with van der Waals surface area (Å²) >= 11 is 0. The van der Waals surface area contributed by atoms with Crippen molar-refractivity contribution < 1.29 is 18.1 Å². The van der Waals surface area contributed by atoms with Crippen molar-refractivity contribution in [3.63, 3.8) is 0 Å². The molecule has 1 fully saturated rings. The van der Waals surface area contributed by atoms with Crippen molar-refractivity contribution in [1.29, 1.82) is 0 Å². The molecular formula is C15H22N2O5S. The van der Waals surface area contributed by atoms with Gasteiger partial charge in [-0.3, -0.25) is 10.1 Å². The van der Waals surface area contributed by atoms with Gasteiger partial charge < -0.3 is 4.74 Å². The van der Waals surface area contributed by atoms with Crippen LogP contribution in [0, 0.1) is 24.0 Å². The Morgan fingerprint density at radius 2 is 1.96 bits per heavy atom. The van der Waals surface area contributed by atoms with Crippen LogP contribution in [0.5, 0.6) is 0 Å². The fraction of sp³-hybridized carbons (Fsp3) is 0.600. The molecule has 0 bridgehead atoms. The number of nitrogens with zero attached hydrogens (tertiary/aromatic N) is 2. The largest absolute Gasteiger partial charge is 0.370 e. The van der Waals surface area contributed by atoms with Gasteiger partial charge in [0.1, 0.15) is 0 Å². The van der Waals surface area contributed by atoms with Crippen molar-refractivity contribution in [2.45, 2.75) is 51.2 Å². The molecule has 128 valence electrons. The lowest BCUT2D eigenvalue weighted by atomic mass is 10.1. The summed E-state index contributed by atoms with van der Waals surface area (Å²) in [6.45, 7) is 9.25. The predicted octanol–water partition coefficient (Wildman–Crippen LogP) is 2.40. The quantitative estimate of drug-likeness (QED) is 0.621. The summed E-state index contributed by atoms with van der Waals surface area (Å²) in [6, 6.07) is 2.53. The van der Waals surface area contributed by atoms with E-state index in [0.29, 0.717) is 11.1 Å². The Bertz CT molecular complexity index is 742. The summed E-state index contributed by atoms with van der Waals surface area (Å²) in [5.41, 5.74) is 0.298. The van der Waals surface area contributed by atoms with E-state index in [4.69, 9.17) is 4.74 Å². The molecule has 0 aromatic heterocycles. The molecule has 2 rings (SSSR count). The van der Waals surface area contributed by atoms with E-state index in [1.165, 1.54) is 10.4 Å². The molecule has 1 heterocycles. The second kappa shape index (κ2) is 5.85. The van der Waals surface area contributed by atoms with Crippen LogP contribution in [0.3, 0.4) is 0 Å². The molecule has 1 atom stereocenters. The number of nitro groups is 1. The number of aryl methyl sites for hydroxylation is 1. The molecule has 1 saturated heterocycles. The molecule has 7 nitrogen and oxygen atoms in total. The summed E-state index contributed by atoms with van der Waals surface area (Å²) in [7, 11) is -3.83. The van der Waals surface area contributed by atoms with Gasteiger partial charge in [0.25, 0.3) is 5.69 Å². The third kappa shape index (κ3) is 3.54. The number of benzene rings is 1. The fourth-order valence-corrected chi connectivity index (χ4v) is 4.88. The van der Waals surface area contributed by atoms with Gasteiger partial charge in [-0.1, -0.05) is 0 Å². The third-order valence-electron chi connectivity index (χ3n) is 3.97. The maximum absolute atomic E-state index is 13.0. The summed E-state index contributed by atoms with van der Waals surface area (Å²) < 4.78 is 33.1. The van der Waals surface area contributed by atoms with Crippen molar-refractivity contribution in [2.75, 3.05) is 13.1 Å². The Morgan fingerprint density at radius 3 is 2.48 bits per heavy atom. The van der Waals surface area contributed by atoms with Crippen LogP contribution in [0.25, 0.3) is 0 Å². The number of hydrogen-bond acceptors (Lipinski definition) is 5. The van der Waals surface area contributed by atoms with Crippen LogP contribution in [0.15, 0.2) is 17.0 Å². The fourth-order valence-electron chi connectivity index (χ4n) is 2.90. The van der Waals surface area contributed by atoms with E-state index in [9.17, 15) is 18.5 Å². The van der Waals surface area contributed by atoms with E-state index in [-0.39, 0.29) is 29.8 Å². The van der Waals surface area contributed by atoms with Gasteiger partial charge in [0, 0.05) is 25.2 Å². The minimum absolute atomic E-state index is 0.00546. The molecule has 0 amide bonds. The molecule has 0 spiro atoms. The predicted molar refractivity (Wildman–Crippen MR) is 86.0 cm³/mol. The van der Waals surface area contributed by atoms with Crippen LogP contribution >= 0.6 is 0 Å². The molecule has 0 radical (unpaired) electrons. The zero-order valence-electron chi connectivity index (χ0n) is 14.0. The molecule has 0 saturated carbocycles. The summed E-state index contributed by atoms with van der Waals surface area (Å²) in [5, 5.41) is 11.1. The van der Waals surface area contributed by atoms with Crippen LogP contribution in [-0.4, -0.2) is 42.4 Å². The first-order chi connectivity index (χ1) is 10.4. The van der Waals surface area contributed by atoms with Crippen LogP contribution in [0.1, 0.15) is 31.9 Å². The lowest BCUT2D eigenvalue weighted by molar-refractivity contribution is -0.385. The molecule has 1 aromatic carbocycles. The molecule has 1 aliphatic heterocycles. The van der Waals surface area contributed by atoms with E-state index in [1.54, 1.807) is 13.8 Å². The minimum atomic E-state index is -3.83. The SMILES string of the molecule is Cc1cc([N+](=O)[O-])cc(S(=O)(=O)N2CC(C)OC(C)(C)C2)c1C. The third-order valence-corrected chi connectivity index (χ3v) is 5.91. The first kappa shape index (κ1) is 17.8. The van der Waals surface area contributed by atoms with Crippen LogP contribution in [0.4, 0.5) is 5.69 Å². The molecule has 1 aliphatic rings. The van der Waals surface area contributed by atoms with E-state index < -0.39 is 20.5 Å². The van der Waals surface area contributed by atoms with Gasteiger partial charge in [-0.25, -0.2) is 8.42 Å². The Labute approximate surface area is 136 Å². The first-order valence-corrected chi connectivity index (χ1v) is 8.81. The number of sulfonamides is 1. The summed E-state index contributed by atoms with van der Waals surface area (Å²) in [6.07, 6.45) is -0.242. The molecular weight excluding hydrogens is 320 g/mol. The number of nitro benzene ring substituents is 1. The molecule has 0 aliphatic carbocycles. The van der Waals surface area contributed by atoms with E-state index >= 15 is 0 Å². The second-order valence-corrected chi connectivity index (χ2v) is 8.53. The highest BCUT2D eigenvalue weighted by Crippen LogP contribution is 2.31. The summed E-state index contributed by atoms with van der Waals surface area (Å²) in [4.78, 5) is 10.5. The van der Waals surface area contributed by atoms with Gasteiger partial charge in [-0.2, -0.15) is 4.31 Å². The molecule has 23 heavy (non-hydrogen) atoms. The number of hydrogen-bond donors (Lipinski definition) is 0. The molecule has 1 unspecified atom stereocenters. The second-order valence-electron chi connectivity index (χ2n) is 6.63. The van der Waals surface area contributed by atoms with Crippen LogP contribution < -0.4 is 0 Å². The normalized spacial score (nSPS) is 22.0. The Morgan fingerprint density at radius 1 is 1.35 bits per heavy atom. The highest BCUT2D eigenvalue weighted by atomic mass is 32.2. The zero-order valence-corrected chi connectivity index (χ0v) is 14.8. The molecule has 0 N–H and O–H groups in total. The Hall–Kier alpha value is -1.51. The Balaban J connectivity index is 2.53. The first-order valence-electron chi connectivity index (χ1n) is 7.37. The van der Waals surface area contributed by atoms with Crippen LogP contribution in [-0.2, 0) is 14.8 Å². The highest BCUT2D eigenvalue weighted by molar-refractivity contribution is 7.89. The van der Waals surface area contributed by atoms with Crippen molar-refractivity contribution in [3.8, 4) is 0 Å². The van der Waals surface area contributed by atoms with Crippen molar-refractivity contribution in [3.05, 3.63) is 33.4 Å². The average molecular weight is 342 g/mol. The maximum Gasteiger partial charge on any atom is 0.271 e. The van der Waals surface area contributed by atoms with Gasteiger partial charge in [0.15, 0.2) is 0 Å².